The summed E-state index contributed by atoms with van der Waals surface area (Å²) in [5, 5.41) is 22.2. The molecular weight excluding hydrogens is 320 g/mol. The molecule has 0 saturated heterocycles. The van der Waals surface area contributed by atoms with Crippen LogP contribution in [0.4, 0.5) is 5.69 Å². The first-order valence-corrected chi connectivity index (χ1v) is 6.13. The maximum Gasteiger partial charge on any atom is 0.270 e. The number of halogens is 1. The Labute approximate surface area is 117 Å². The van der Waals surface area contributed by atoms with Crippen LogP contribution in [0.25, 0.3) is 0 Å². The minimum atomic E-state index is -0.581. The van der Waals surface area contributed by atoms with Crippen molar-refractivity contribution in [2.24, 2.45) is 0 Å². The van der Waals surface area contributed by atoms with E-state index in [2.05, 4.69) is 21.2 Å². The maximum absolute atomic E-state index is 12.0. The second-order valence-electron chi connectivity index (χ2n) is 3.73. The molecule has 0 heterocycles. The fourth-order valence-corrected chi connectivity index (χ4v) is 1.83. The summed E-state index contributed by atoms with van der Waals surface area (Å²) in [4.78, 5) is 22.0. The van der Waals surface area contributed by atoms with Crippen molar-refractivity contribution in [2.45, 2.75) is 6.04 Å². The molecule has 1 aromatic rings. The number of nitro groups is 1. The number of hydrogen-bond acceptors (Lipinski definition) is 5. The highest BCUT2D eigenvalue weighted by molar-refractivity contribution is 9.10. The van der Waals surface area contributed by atoms with Gasteiger partial charge in [0.05, 0.1) is 29.7 Å². The molecule has 0 bridgehead atoms. The van der Waals surface area contributed by atoms with Crippen molar-refractivity contribution in [3.05, 3.63) is 38.3 Å². The number of amides is 1. The molecule has 1 atom stereocenters. The zero-order valence-corrected chi connectivity index (χ0v) is 11.7. The number of carbonyl (C=O) groups is 1. The molecule has 0 spiro atoms. The molecular formula is C11H13BrN2O5. The summed E-state index contributed by atoms with van der Waals surface area (Å²) in [6, 6.07) is 3.32. The van der Waals surface area contributed by atoms with Gasteiger partial charge >= 0.3 is 0 Å². The average molecular weight is 333 g/mol. The number of nitro benzene ring substituents is 1. The Morgan fingerprint density at radius 3 is 2.84 bits per heavy atom. The lowest BCUT2D eigenvalue weighted by molar-refractivity contribution is -0.384. The predicted molar refractivity (Wildman–Crippen MR) is 71.0 cm³/mol. The Hall–Kier alpha value is -1.51. The Morgan fingerprint density at radius 1 is 1.63 bits per heavy atom. The lowest BCUT2D eigenvalue weighted by Crippen LogP contribution is -2.40. The molecule has 0 radical (unpaired) electrons. The number of aliphatic hydroxyl groups excluding tert-OH is 1. The summed E-state index contributed by atoms with van der Waals surface area (Å²) >= 11 is 3.15. The smallest absolute Gasteiger partial charge is 0.270 e. The second kappa shape index (κ2) is 7.17. The van der Waals surface area contributed by atoms with Crippen LogP contribution in [-0.2, 0) is 4.74 Å². The van der Waals surface area contributed by atoms with Crippen molar-refractivity contribution < 1.29 is 19.6 Å². The van der Waals surface area contributed by atoms with E-state index in [9.17, 15) is 14.9 Å². The number of non-ortho nitro benzene ring substituents is 1. The fourth-order valence-electron chi connectivity index (χ4n) is 1.41. The van der Waals surface area contributed by atoms with Crippen molar-refractivity contribution in [3.8, 4) is 0 Å². The standard InChI is InChI=1S/C11H13BrN2O5/c1-19-6-7(5-15)13-11(16)9-4-8(14(17)18)2-3-10(9)12/h2-4,7,15H,5-6H2,1H3,(H,13,16). The van der Waals surface area contributed by atoms with E-state index >= 15 is 0 Å². The fraction of sp³-hybridized carbons (Fsp3) is 0.364. The number of methoxy groups -OCH3 is 1. The Morgan fingerprint density at radius 2 is 2.32 bits per heavy atom. The van der Waals surface area contributed by atoms with E-state index in [0.29, 0.717) is 4.47 Å². The van der Waals surface area contributed by atoms with E-state index < -0.39 is 16.9 Å². The predicted octanol–water partition coefficient (Wildman–Crippen LogP) is 1.09. The number of hydrogen-bond donors (Lipinski definition) is 2. The quantitative estimate of drug-likeness (QED) is 0.599. The van der Waals surface area contributed by atoms with Gasteiger partial charge in [-0.3, -0.25) is 14.9 Å². The molecule has 0 saturated carbocycles. The Kier molecular flexibility index (Phi) is 5.87. The van der Waals surface area contributed by atoms with E-state index in [1.807, 2.05) is 0 Å². The summed E-state index contributed by atoms with van der Waals surface area (Å²) in [7, 11) is 1.44. The van der Waals surface area contributed by atoms with Crippen LogP contribution >= 0.6 is 15.9 Å². The van der Waals surface area contributed by atoms with E-state index in [1.165, 1.54) is 25.3 Å². The molecule has 0 aromatic heterocycles. The van der Waals surface area contributed by atoms with Gasteiger partial charge in [0, 0.05) is 23.7 Å². The van der Waals surface area contributed by atoms with Crippen LogP contribution in [0.5, 0.6) is 0 Å². The van der Waals surface area contributed by atoms with Gasteiger partial charge in [0.15, 0.2) is 0 Å². The van der Waals surface area contributed by atoms with E-state index in [4.69, 9.17) is 9.84 Å². The van der Waals surface area contributed by atoms with Crippen molar-refractivity contribution in [1.82, 2.24) is 5.32 Å². The van der Waals surface area contributed by atoms with Gasteiger partial charge in [-0.25, -0.2) is 0 Å². The average Bonchev–Trinajstić information content (AvgIpc) is 2.38. The second-order valence-corrected chi connectivity index (χ2v) is 4.58. The van der Waals surface area contributed by atoms with Gasteiger partial charge in [-0.05, 0) is 22.0 Å². The molecule has 1 amide bonds. The van der Waals surface area contributed by atoms with Crippen molar-refractivity contribution in [3.63, 3.8) is 0 Å². The first-order chi connectivity index (χ1) is 8.99. The summed E-state index contributed by atoms with van der Waals surface area (Å²) in [5.74, 6) is -0.522. The molecule has 2 N–H and O–H groups in total. The summed E-state index contributed by atoms with van der Waals surface area (Å²) in [6.45, 7) is -0.138. The highest BCUT2D eigenvalue weighted by atomic mass is 79.9. The Balaban J connectivity index is 2.92. The molecule has 0 aliphatic carbocycles. The van der Waals surface area contributed by atoms with Crippen LogP contribution in [0.15, 0.2) is 22.7 Å². The lowest BCUT2D eigenvalue weighted by Gasteiger charge is -2.15. The van der Waals surface area contributed by atoms with Crippen molar-refractivity contribution >= 4 is 27.5 Å². The minimum Gasteiger partial charge on any atom is -0.394 e. The van der Waals surface area contributed by atoms with Gasteiger partial charge in [-0.1, -0.05) is 0 Å². The van der Waals surface area contributed by atoms with E-state index in [-0.39, 0.29) is 24.5 Å². The number of carbonyl (C=O) groups excluding carboxylic acids is 1. The third-order valence-electron chi connectivity index (χ3n) is 2.33. The zero-order valence-electron chi connectivity index (χ0n) is 10.1. The number of benzene rings is 1. The molecule has 7 nitrogen and oxygen atoms in total. The molecule has 1 rings (SSSR count). The van der Waals surface area contributed by atoms with Crippen LogP contribution < -0.4 is 5.32 Å². The number of rotatable bonds is 6. The first kappa shape index (κ1) is 15.5. The molecule has 104 valence electrons. The lowest BCUT2D eigenvalue weighted by atomic mass is 10.1. The summed E-state index contributed by atoms with van der Waals surface area (Å²) in [5.41, 5.74) is -0.0515. The third kappa shape index (κ3) is 4.27. The zero-order chi connectivity index (χ0) is 14.4. The van der Waals surface area contributed by atoms with E-state index in [0.717, 1.165) is 0 Å². The minimum absolute atomic E-state index is 0.128. The largest absolute Gasteiger partial charge is 0.394 e. The van der Waals surface area contributed by atoms with Crippen molar-refractivity contribution in [2.75, 3.05) is 20.3 Å². The van der Waals surface area contributed by atoms with E-state index in [1.54, 1.807) is 0 Å². The van der Waals surface area contributed by atoms with Crippen LogP contribution in [-0.4, -0.2) is 42.3 Å². The molecule has 1 aromatic carbocycles. The van der Waals surface area contributed by atoms with Crippen LogP contribution in [0, 0.1) is 10.1 Å². The molecule has 1 unspecified atom stereocenters. The van der Waals surface area contributed by atoms with Gasteiger partial charge in [-0.2, -0.15) is 0 Å². The van der Waals surface area contributed by atoms with Crippen molar-refractivity contribution in [1.29, 1.82) is 0 Å². The number of ether oxygens (including phenoxy) is 1. The van der Waals surface area contributed by atoms with Gasteiger partial charge in [0.1, 0.15) is 0 Å². The number of nitrogens with zero attached hydrogens (tertiary/aromatic N) is 1. The highest BCUT2D eigenvalue weighted by Gasteiger charge is 2.18. The van der Waals surface area contributed by atoms with Gasteiger partial charge in [-0.15, -0.1) is 0 Å². The van der Waals surface area contributed by atoms with Crippen LogP contribution in [0.1, 0.15) is 10.4 Å². The molecule has 19 heavy (non-hydrogen) atoms. The maximum atomic E-state index is 12.0. The van der Waals surface area contributed by atoms with Gasteiger partial charge < -0.3 is 15.2 Å². The third-order valence-corrected chi connectivity index (χ3v) is 3.02. The molecule has 0 aliphatic rings. The monoisotopic (exact) mass is 332 g/mol. The first-order valence-electron chi connectivity index (χ1n) is 5.34. The number of aliphatic hydroxyl groups is 1. The van der Waals surface area contributed by atoms with Gasteiger partial charge in [0.2, 0.25) is 0 Å². The normalized spacial score (nSPS) is 11.9. The van der Waals surface area contributed by atoms with Gasteiger partial charge in [0.25, 0.3) is 11.6 Å². The van der Waals surface area contributed by atoms with Crippen LogP contribution in [0.3, 0.4) is 0 Å². The topological polar surface area (TPSA) is 102 Å². The Bertz CT molecular complexity index is 480. The summed E-state index contributed by atoms with van der Waals surface area (Å²) < 4.78 is 5.26. The molecule has 0 fully saturated rings. The highest BCUT2D eigenvalue weighted by Crippen LogP contribution is 2.22. The number of nitrogens with one attached hydrogen (secondary N) is 1. The molecule has 0 aliphatic heterocycles. The van der Waals surface area contributed by atoms with Crippen LogP contribution in [0.2, 0.25) is 0 Å². The summed E-state index contributed by atoms with van der Waals surface area (Å²) in [6.07, 6.45) is 0. The molecule has 8 heteroatoms. The SMILES string of the molecule is COCC(CO)NC(=O)c1cc([N+](=O)[O-])ccc1Br.